The first kappa shape index (κ1) is 13.8. The molecule has 0 aromatic heterocycles. The molecule has 2 aromatic carbocycles. The van der Waals surface area contributed by atoms with Crippen LogP contribution in [0.25, 0.3) is 0 Å². The fourth-order valence-electron chi connectivity index (χ4n) is 2.64. The summed E-state index contributed by atoms with van der Waals surface area (Å²) in [6, 6.07) is 20.6. The zero-order valence-corrected chi connectivity index (χ0v) is 11.8. The maximum absolute atomic E-state index is 9.13. The smallest absolute Gasteiger partial charge is 0.130 e. The Hall–Kier alpha value is -2.17. The Morgan fingerprint density at radius 3 is 2.38 bits per heavy atom. The van der Waals surface area contributed by atoms with E-state index in [0.29, 0.717) is 5.84 Å². The van der Waals surface area contributed by atoms with Crippen LogP contribution in [0.1, 0.15) is 23.7 Å². The summed E-state index contributed by atoms with van der Waals surface area (Å²) in [4.78, 5) is 6.95. The van der Waals surface area contributed by atoms with Crippen LogP contribution in [-0.2, 0) is 6.54 Å². The largest absolute Gasteiger partial charge is 0.290 e. The molecule has 0 amide bonds. The van der Waals surface area contributed by atoms with Crippen LogP contribution in [-0.4, -0.2) is 22.5 Å². The van der Waals surface area contributed by atoms with E-state index in [1.54, 1.807) is 0 Å². The lowest BCUT2D eigenvalue weighted by atomic mass is 10.1. The Morgan fingerprint density at radius 2 is 1.71 bits per heavy atom. The molecule has 0 spiro atoms. The summed E-state index contributed by atoms with van der Waals surface area (Å²) in [5.41, 5.74) is 4.62. The number of hydrogen-bond donors (Lipinski definition) is 2. The van der Waals surface area contributed by atoms with Crippen molar-refractivity contribution in [2.45, 2.75) is 19.1 Å². The number of aliphatic imine (C=N–C) groups is 1. The first-order valence-electron chi connectivity index (χ1n) is 7.16. The quantitative estimate of drug-likeness (QED) is 0.850. The van der Waals surface area contributed by atoms with Gasteiger partial charge in [0.15, 0.2) is 0 Å². The standard InChI is InChI=1S/C17H19N3O/c21-19-16-11-12-20(13-14-7-3-1-4-8-14)17(18-16)15-9-5-2-6-10-15/h1-10,17,21H,11-13H2,(H,18,19). The highest BCUT2D eigenvalue weighted by molar-refractivity contribution is 5.82. The van der Waals surface area contributed by atoms with Crippen LogP contribution in [0, 0.1) is 0 Å². The van der Waals surface area contributed by atoms with E-state index in [9.17, 15) is 0 Å². The minimum absolute atomic E-state index is 0.0604. The van der Waals surface area contributed by atoms with Crippen molar-refractivity contribution in [2.24, 2.45) is 4.99 Å². The van der Waals surface area contributed by atoms with Gasteiger partial charge in [-0.3, -0.25) is 15.6 Å². The van der Waals surface area contributed by atoms with Gasteiger partial charge < -0.3 is 0 Å². The molecule has 2 aromatic rings. The van der Waals surface area contributed by atoms with Gasteiger partial charge in [0.2, 0.25) is 0 Å². The molecule has 0 saturated carbocycles. The molecule has 2 N–H and O–H groups in total. The monoisotopic (exact) mass is 281 g/mol. The van der Waals surface area contributed by atoms with Crippen molar-refractivity contribution in [3.05, 3.63) is 71.8 Å². The fourth-order valence-corrected chi connectivity index (χ4v) is 2.64. The number of nitrogens with one attached hydrogen (secondary N) is 1. The topological polar surface area (TPSA) is 47.9 Å². The molecule has 1 aliphatic rings. The van der Waals surface area contributed by atoms with Gasteiger partial charge in [-0.05, 0) is 11.1 Å². The lowest BCUT2D eigenvalue weighted by molar-refractivity contribution is 0.172. The normalized spacial score (nSPS) is 19.1. The van der Waals surface area contributed by atoms with Crippen LogP contribution in [0.2, 0.25) is 0 Å². The number of nitrogens with zero attached hydrogens (tertiary/aromatic N) is 2. The summed E-state index contributed by atoms with van der Waals surface area (Å²) in [5.74, 6) is 0.646. The van der Waals surface area contributed by atoms with E-state index in [0.717, 1.165) is 25.1 Å². The molecule has 21 heavy (non-hydrogen) atoms. The summed E-state index contributed by atoms with van der Waals surface area (Å²) in [5, 5.41) is 9.13. The maximum Gasteiger partial charge on any atom is 0.130 e. The summed E-state index contributed by atoms with van der Waals surface area (Å²) < 4.78 is 0. The molecule has 108 valence electrons. The molecule has 0 radical (unpaired) electrons. The van der Waals surface area contributed by atoms with Gasteiger partial charge in [0, 0.05) is 19.5 Å². The molecule has 1 aliphatic heterocycles. The van der Waals surface area contributed by atoms with E-state index in [1.807, 2.05) is 24.3 Å². The molecular weight excluding hydrogens is 262 g/mol. The second-order valence-corrected chi connectivity index (χ2v) is 5.18. The maximum atomic E-state index is 9.13. The van der Waals surface area contributed by atoms with Crippen molar-refractivity contribution >= 4 is 5.84 Å². The van der Waals surface area contributed by atoms with Crippen molar-refractivity contribution in [3.8, 4) is 0 Å². The van der Waals surface area contributed by atoms with Crippen LogP contribution in [0.15, 0.2) is 65.7 Å². The summed E-state index contributed by atoms with van der Waals surface area (Å²) in [6.07, 6.45) is 0.668. The highest BCUT2D eigenvalue weighted by Gasteiger charge is 2.24. The third-order valence-electron chi connectivity index (χ3n) is 3.72. The number of rotatable bonds is 3. The average molecular weight is 281 g/mol. The van der Waals surface area contributed by atoms with Gasteiger partial charge in [-0.1, -0.05) is 60.7 Å². The van der Waals surface area contributed by atoms with Crippen molar-refractivity contribution in [1.82, 2.24) is 10.4 Å². The van der Waals surface area contributed by atoms with Gasteiger partial charge in [0.1, 0.15) is 12.0 Å². The molecular formula is C17H19N3O. The summed E-state index contributed by atoms with van der Waals surface area (Å²) in [7, 11) is 0. The van der Waals surface area contributed by atoms with Gasteiger partial charge in [-0.2, -0.15) is 0 Å². The Bertz CT molecular complexity index is 598. The van der Waals surface area contributed by atoms with E-state index < -0.39 is 0 Å². The molecule has 0 aliphatic carbocycles. The summed E-state index contributed by atoms with van der Waals surface area (Å²) in [6.45, 7) is 1.71. The van der Waals surface area contributed by atoms with E-state index in [4.69, 9.17) is 5.21 Å². The molecule has 4 nitrogen and oxygen atoms in total. The molecule has 0 bridgehead atoms. The van der Waals surface area contributed by atoms with E-state index in [2.05, 4.69) is 51.8 Å². The van der Waals surface area contributed by atoms with Gasteiger partial charge in [0.05, 0.1) is 0 Å². The molecule has 1 unspecified atom stereocenters. The number of hydroxylamine groups is 1. The van der Waals surface area contributed by atoms with Crippen molar-refractivity contribution < 1.29 is 5.21 Å². The first-order chi connectivity index (χ1) is 10.4. The third kappa shape index (κ3) is 3.29. The first-order valence-corrected chi connectivity index (χ1v) is 7.16. The molecule has 1 atom stereocenters. The number of hydrogen-bond acceptors (Lipinski definition) is 4. The predicted octanol–water partition coefficient (Wildman–Crippen LogP) is 2.97. The van der Waals surface area contributed by atoms with Gasteiger partial charge in [0.25, 0.3) is 0 Å². The molecule has 0 fully saturated rings. The SMILES string of the molecule is ONC1=NC(c2ccccc2)N(Cc2ccccc2)CC1. The Kier molecular flexibility index (Phi) is 4.28. The number of amidine groups is 1. The minimum atomic E-state index is -0.0604. The molecule has 3 rings (SSSR count). The summed E-state index contributed by atoms with van der Waals surface area (Å²) >= 11 is 0. The zero-order chi connectivity index (χ0) is 14.5. The van der Waals surface area contributed by atoms with E-state index in [1.165, 1.54) is 5.56 Å². The highest BCUT2D eigenvalue weighted by Crippen LogP contribution is 2.27. The van der Waals surface area contributed by atoms with Crippen LogP contribution in [0.4, 0.5) is 0 Å². The van der Waals surface area contributed by atoms with E-state index >= 15 is 0 Å². The van der Waals surface area contributed by atoms with Crippen molar-refractivity contribution in [3.63, 3.8) is 0 Å². The van der Waals surface area contributed by atoms with Crippen LogP contribution < -0.4 is 5.48 Å². The lowest BCUT2D eigenvalue weighted by Gasteiger charge is -2.33. The minimum Gasteiger partial charge on any atom is -0.290 e. The second kappa shape index (κ2) is 6.52. The van der Waals surface area contributed by atoms with Crippen LogP contribution >= 0.6 is 0 Å². The lowest BCUT2D eigenvalue weighted by Crippen LogP contribution is -2.37. The van der Waals surface area contributed by atoms with Crippen molar-refractivity contribution in [1.29, 1.82) is 0 Å². The highest BCUT2D eigenvalue weighted by atomic mass is 16.5. The fraction of sp³-hybridized carbons (Fsp3) is 0.235. The average Bonchev–Trinajstić information content (AvgIpc) is 2.57. The predicted molar refractivity (Wildman–Crippen MR) is 83.0 cm³/mol. The third-order valence-corrected chi connectivity index (χ3v) is 3.72. The van der Waals surface area contributed by atoms with Gasteiger partial charge in [-0.25, -0.2) is 4.99 Å². The van der Waals surface area contributed by atoms with E-state index in [-0.39, 0.29) is 6.17 Å². The number of benzene rings is 2. The van der Waals surface area contributed by atoms with Gasteiger partial charge in [-0.15, -0.1) is 0 Å². The zero-order valence-electron chi connectivity index (χ0n) is 11.8. The second-order valence-electron chi connectivity index (χ2n) is 5.18. The molecule has 4 heteroatoms. The Morgan fingerprint density at radius 1 is 1.05 bits per heavy atom. The van der Waals surface area contributed by atoms with Gasteiger partial charge >= 0.3 is 0 Å². The molecule has 1 heterocycles. The van der Waals surface area contributed by atoms with Crippen molar-refractivity contribution in [2.75, 3.05) is 6.54 Å². The van der Waals surface area contributed by atoms with Crippen LogP contribution in [0.3, 0.4) is 0 Å². The Balaban J connectivity index is 1.86. The van der Waals surface area contributed by atoms with Crippen LogP contribution in [0.5, 0.6) is 0 Å². The molecule has 0 saturated heterocycles. The Labute approximate surface area is 124 Å².